The van der Waals surface area contributed by atoms with E-state index in [1.807, 2.05) is 0 Å². The lowest BCUT2D eigenvalue weighted by Crippen LogP contribution is -2.36. The monoisotopic (exact) mass is 430 g/mol. The number of benzene rings is 2. The summed E-state index contributed by atoms with van der Waals surface area (Å²) in [6.45, 7) is -0.282. The number of carboxylic acids is 1. The van der Waals surface area contributed by atoms with Crippen LogP contribution in [0.3, 0.4) is 0 Å². The van der Waals surface area contributed by atoms with Crippen molar-refractivity contribution in [3.05, 3.63) is 70.4 Å². The Bertz CT molecular complexity index is 1020. The van der Waals surface area contributed by atoms with E-state index in [0.29, 0.717) is 11.3 Å². The number of carbonyl (C=O) groups is 3. The minimum atomic E-state index is -0.945. The number of halogens is 1. The Morgan fingerprint density at radius 1 is 1.17 bits per heavy atom. The maximum atomic E-state index is 13.8. The standard InChI is InChI=1S/C20H15FN2O4S2/c21-15-4-2-1-3-13(15)10-16-19(27)23(20(28)29-16)11-17(24)22-14-7-5-12(6-8-14)9-18(25)26/h1-8,10H,9,11H2,(H,22,24)(H,25,26)/b16-10-. The first-order valence-electron chi connectivity index (χ1n) is 8.44. The third-order valence-corrected chi connectivity index (χ3v) is 5.34. The summed E-state index contributed by atoms with van der Waals surface area (Å²) in [6.07, 6.45) is 1.30. The molecule has 0 spiro atoms. The van der Waals surface area contributed by atoms with Gasteiger partial charge in [-0.2, -0.15) is 0 Å². The molecule has 2 N–H and O–H groups in total. The van der Waals surface area contributed by atoms with Crippen LogP contribution in [0.1, 0.15) is 11.1 Å². The van der Waals surface area contributed by atoms with Crippen LogP contribution in [0, 0.1) is 5.82 Å². The number of nitrogens with zero attached hydrogens (tertiary/aromatic N) is 1. The molecule has 0 saturated carbocycles. The minimum absolute atomic E-state index is 0.112. The zero-order chi connectivity index (χ0) is 21.0. The topological polar surface area (TPSA) is 86.7 Å². The molecule has 0 atom stereocenters. The Labute approximate surface area is 175 Å². The summed E-state index contributed by atoms with van der Waals surface area (Å²) in [7, 11) is 0. The van der Waals surface area contributed by atoms with E-state index in [4.69, 9.17) is 17.3 Å². The van der Waals surface area contributed by atoms with Crippen molar-refractivity contribution in [2.75, 3.05) is 11.9 Å². The maximum absolute atomic E-state index is 13.8. The maximum Gasteiger partial charge on any atom is 0.307 e. The number of aliphatic carboxylic acids is 1. The van der Waals surface area contributed by atoms with Crippen LogP contribution in [0.15, 0.2) is 53.4 Å². The molecule has 1 heterocycles. The fourth-order valence-corrected chi connectivity index (χ4v) is 3.84. The largest absolute Gasteiger partial charge is 0.481 e. The zero-order valence-electron chi connectivity index (χ0n) is 14.9. The Morgan fingerprint density at radius 2 is 1.86 bits per heavy atom. The predicted octanol–water partition coefficient (Wildman–Crippen LogP) is 3.29. The van der Waals surface area contributed by atoms with Gasteiger partial charge in [-0.3, -0.25) is 19.3 Å². The summed E-state index contributed by atoms with van der Waals surface area (Å²) in [6, 6.07) is 12.4. The molecule has 2 aromatic rings. The van der Waals surface area contributed by atoms with Gasteiger partial charge in [-0.15, -0.1) is 0 Å². The number of thiocarbonyl (C=S) groups is 1. The predicted molar refractivity (Wildman–Crippen MR) is 113 cm³/mol. The Balaban J connectivity index is 1.64. The Kier molecular flexibility index (Phi) is 6.40. The Hall–Kier alpha value is -3.04. The molecule has 0 aromatic heterocycles. The molecular weight excluding hydrogens is 415 g/mol. The van der Waals surface area contributed by atoms with E-state index in [9.17, 15) is 18.8 Å². The van der Waals surface area contributed by atoms with E-state index in [2.05, 4.69) is 5.32 Å². The first-order valence-corrected chi connectivity index (χ1v) is 9.66. The van der Waals surface area contributed by atoms with Crippen molar-refractivity contribution in [3.8, 4) is 0 Å². The van der Waals surface area contributed by atoms with Crippen molar-refractivity contribution >= 4 is 57.8 Å². The molecule has 0 radical (unpaired) electrons. The van der Waals surface area contributed by atoms with Crippen molar-refractivity contribution in [1.82, 2.24) is 4.90 Å². The van der Waals surface area contributed by atoms with Crippen LogP contribution in [0.5, 0.6) is 0 Å². The SMILES string of the molecule is O=C(O)Cc1ccc(NC(=O)CN2C(=O)/C(=C/c3ccccc3F)SC2=S)cc1. The molecule has 3 rings (SSSR count). The number of nitrogens with one attached hydrogen (secondary N) is 1. The van der Waals surface area contributed by atoms with Gasteiger partial charge in [0.15, 0.2) is 0 Å². The number of anilines is 1. The van der Waals surface area contributed by atoms with E-state index >= 15 is 0 Å². The molecular formula is C20H15FN2O4S2. The summed E-state index contributed by atoms with van der Waals surface area (Å²) in [5.74, 6) is -2.32. The molecule has 6 nitrogen and oxygen atoms in total. The molecule has 0 unspecified atom stereocenters. The average molecular weight is 430 g/mol. The fraction of sp³-hybridized carbons (Fsp3) is 0.100. The van der Waals surface area contributed by atoms with E-state index in [-0.39, 0.29) is 27.8 Å². The first-order chi connectivity index (χ1) is 13.8. The number of hydrogen-bond donors (Lipinski definition) is 2. The van der Waals surface area contributed by atoms with E-state index in [1.54, 1.807) is 42.5 Å². The number of rotatable bonds is 6. The molecule has 29 heavy (non-hydrogen) atoms. The zero-order valence-corrected chi connectivity index (χ0v) is 16.6. The lowest BCUT2D eigenvalue weighted by molar-refractivity contribution is -0.136. The number of carboxylic acid groups (broad SMARTS) is 1. The number of hydrogen-bond acceptors (Lipinski definition) is 5. The van der Waals surface area contributed by atoms with Gasteiger partial charge < -0.3 is 10.4 Å². The highest BCUT2D eigenvalue weighted by atomic mass is 32.2. The first kappa shape index (κ1) is 20.7. The van der Waals surface area contributed by atoms with Gasteiger partial charge >= 0.3 is 5.97 Å². The van der Waals surface area contributed by atoms with Gasteiger partial charge in [0.05, 0.1) is 11.3 Å². The van der Waals surface area contributed by atoms with Gasteiger partial charge in [-0.1, -0.05) is 54.3 Å². The van der Waals surface area contributed by atoms with E-state index in [0.717, 1.165) is 16.7 Å². The third-order valence-electron chi connectivity index (χ3n) is 3.96. The van der Waals surface area contributed by atoms with Gasteiger partial charge in [-0.05, 0) is 29.8 Å². The average Bonchev–Trinajstić information content (AvgIpc) is 2.92. The lowest BCUT2D eigenvalue weighted by Gasteiger charge is -2.14. The second-order valence-corrected chi connectivity index (χ2v) is 7.78. The molecule has 2 amide bonds. The van der Waals surface area contributed by atoms with E-state index in [1.165, 1.54) is 12.1 Å². The third kappa shape index (κ3) is 5.27. The smallest absolute Gasteiger partial charge is 0.307 e. The van der Waals surface area contributed by atoms with Crippen LogP contribution in [-0.2, 0) is 20.8 Å². The molecule has 148 valence electrons. The van der Waals surface area contributed by atoms with E-state index < -0.39 is 23.6 Å². The number of carbonyl (C=O) groups excluding carboxylic acids is 2. The fourth-order valence-electron chi connectivity index (χ4n) is 2.59. The molecule has 0 aliphatic carbocycles. The van der Waals surface area contributed by atoms with Gasteiger partial charge in [0.2, 0.25) is 5.91 Å². The van der Waals surface area contributed by atoms with Crippen molar-refractivity contribution in [1.29, 1.82) is 0 Å². The second-order valence-electron chi connectivity index (χ2n) is 6.10. The molecule has 1 aliphatic rings. The molecule has 2 aromatic carbocycles. The summed E-state index contributed by atoms with van der Waals surface area (Å²) in [5, 5.41) is 11.4. The van der Waals surface area contributed by atoms with Gasteiger partial charge in [0.25, 0.3) is 5.91 Å². The summed E-state index contributed by atoms with van der Waals surface area (Å²) >= 11 is 6.19. The minimum Gasteiger partial charge on any atom is -0.481 e. The Morgan fingerprint density at radius 3 is 2.52 bits per heavy atom. The highest BCUT2D eigenvalue weighted by molar-refractivity contribution is 8.26. The summed E-state index contributed by atoms with van der Waals surface area (Å²) in [5.41, 5.74) is 1.33. The molecule has 9 heteroatoms. The van der Waals surface area contributed by atoms with Crippen LogP contribution in [0.2, 0.25) is 0 Å². The molecule has 0 bridgehead atoms. The summed E-state index contributed by atoms with van der Waals surface area (Å²) in [4.78, 5) is 36.9. The molecule has 1 saturated heterocycles. The van der Waals surface area contributed by atoms with Crippen LogP contribution in [-0.4, -0.2) is 38.7 Å². The van der Waals surface area contributed by atoms with Gasteiger partial charge in [0.1, 0.15) is 16.7 Å². The van der Waals surface area contributed by atoms with Crippen LogP contribution >= 0.6 is 24.0 Å². The number of amides is 2. The van der Waals surface area contributed by atoms with Crippen molar-refractivity contribution in [2.45, 2.75) is 6.42 Å². The van der Waals surface area contributed by atoms with Crippen LogP contribution < -0.4 is 5.32 Å². The normalized spacial score (nSPS) is 15.1. The van der Waals surface area contributed by atoms with Crippen molar-refractivity contribution in [3.63, 3.8) is 0 Å². The summed E-state index contributed by atoms with van der Waals surface area (Å²) < 4.78 is 14.0. The highest BCUT2D eigenvalue weighted by Gasteiger charge is 2.33. The van der Waals surface area contributed by atoms with Gasteiger partial charge in [0, 0.05) is 11.3 Å². The highest BCUT2D eigenvalue weighted by Crippen LogP contribution is 2.32. The molecule has 1 fully saturated rings. The molecule has 1 aliphatic heterocycles. The second kappa shape index (κ2) is 8.97. The van der Waals surface area contributed by atoms with Crippen LogP contribution in [0.25, 0.3) is 6.08 Å². The van der Waals surface area contributed by atoms with Crippen molar-refractivity contribution < 1.29 is 23.9 Å². The quantitative estimate of drug-likeness (QED) is 0.540. The van der Waals surface area contributed by atoms with Gasteiger partial charge in [-0.25, -0.2) is 4.39 Å². The lowest BCUT2D eigenvalue weighted by atomic mass is 10.1. The van der Waals surface area contributed by atoms with Crippen LogP contribution in [0.4, 0.5) is 10.1 Å². The van der Waals surface area contributed by atoms with Crippen molar-refractivity contribution in [2.24, 2.45) is 0 Å². The number of thioether (sulfide) groups is 1.